The van der Waals surface area contributed by atoms with Gasteiger partial charge in [-0.1, -0.05) is 5.10 Å². The molecule has 1 aromatic heterocycles. The Morgan fingerprint density at radius 3 is 2.59 bits per heavy atom. The summed E-state index contributed by atoms with van der Waals surface area (Å²) < 4.78 is 10.5. The molecule has 1 aromatic carbocycles. The van der Waals surface area contributed by atoms with E-state index in [-0.39, 0.29) is 0 Å². The van der Waals surface area contributed by atoms with Gasteiger partial charge in [0.15, 0.2) is 0 Å². The zero-order valence-corrected chi connectivity index (χ0v) is 9.97. The topological polar surface area (TPSA) is 77.4 Å². The van der Waals surface area contributed by atoms with E-state index >= 15 is 0 Å². The van der Waals surface area contributed by atoms with Crippen LogP contribution in [0, 0.1) is 0 Å². The maximum absolute atomic E-state index is 5.89. The molecule has 2 rings (SSSR count). The highest BCUT2D eigenvalue weighted by atomic mass is 16.5. The van der Waals surface area contributed by atoms with E-state index in [2.05, 4.69) is 10.2 Å². The summed E-state index contributed by atoms with van der Waals surface area (Å²) in [6.45, 7) is 0. The molecule has 90 valence electrons. The Morgan fingerprint density at radius 1 is 1.29 bits per heavy atom. The second kappa shape index (κ2) is 4.32. The van der Waals surface area contributed by atoms with E-state index in [0.717, 1.165) is 0 Å². The zero-order chi connectivity index (χ0) is 12.4. The molecule has 6 nitrogen and oxygen atoms in total. The Balaban J connectivity index is 2.38. The fourth-order valence-corrected chi connectivity index (χ4v) is 1.37. The molecule has 0 amide bonds. The maximum atomic E-state index is 5.89. The molecule has 0 aliphatic heterocycles. The van der Waals surface area contributed by atoms with Crippen LogP contribution in [0.2, 0.25) is 0 Å². The molecular weight excluding hydrogens is 220 g/mol. The normalized spacial score (nSPS) is 10.3. The van der Waals surface area contributed by atoms with Crippen molar-refractivity contribution in [2.75, 3.05) is 31.8 Å². The van der Waals surface area contributed by atoms with E-state index in [1.165, 1.54) is 0 Å². The number of nitrogens with zero attached hydrogens (tertiary/aromatic N) is 3. The number of benzene rings is 1. The van der Waals surface area contributed by atoms with Crippen LogP contribution in [0.1, 0.15) is 0 Å². The minimum atomic E-state index is 0.397. The lowest BCUT2D eigenvalue weighted by Gasteiger charge is -2.05. The number of nitrogens with two attached hydrogens (primary N) is 1. The highest BCUT2D eigenvalue weighted by Gasteiger charge is 2.12. The summed E-state index contributed by atoms with van der Waals surface area (Å²) in [5.74, 6) is 1.09. The predicted octanol–water partition coefficient (Wildman–Crippen LogP) is 1.39. The fraction of sp³-hybridized carbons (Fsp3) is 0.273. The number of rotatable bonds is 3. The van der Waals surface area contributed by atoms with Gasteiger partial charge in [0.25, 0.3) is 5.89 Å². The van der Waals surface area contributed by atoms with Gasteiger partial charge in [-0.05, 0) is 12.1 Å². The Bertz CT molecular complexity index is 522. The molecule has 0 aliphatic rings. The fourth-order valence-electron chi connectivity index (χ4n) is 1.37. The van der Waals surface area contributed by atoms with Crippen molar-refractivity contribution in [2.24, 2.45) is 0 Å². The first-order valence-corrected chi connectivity index (χ1v) is 5.06. The van der Waals surface area contributed by atoms with Gasteiger partial charge >= 0.3 is 6.01 Å². The predicted molar refractivity (Wildman–Crippen MR) is 65.0 cm³/mol. The Labute approximate surface area is 99.0 Å². The van der Waals surface area contributed by atoms with Gasteiger partial charge in [-0.25, -0.2) is 0 Å². The van der Waals surface area contributed by atoms with Crippen molar-refractivity contribution in [3.8, 4) is 17.2 Å². The number of anilines is 2. The van der Waals surface area contributed by atoms with Crippen LogP contribution in [-0.4, -0.2) is 31.4 Å². The van der Waals surface area contributed by atoms with Crippen LogP contribution < -0.4 is 15.4 Å². The summed E-state index contributed by atoms with van der Waals surface area (Å²) in [4.78, 5) is 1.73. The average molecular weight is 234 g/mol. The van der Waals surface area contributed by atoms with Crippen molar-refractivity contribution in [3.63, 3.8) is 0 Å². The van der Waals surface area contributed by atoms with Crippen LogP contribution in [0.5, 0.6) is 5.75 Å². The second-order valence-electron chi connectivity index (χ2n) is 3.74. The van der Waals surface area contributed by atoms with Crippen LogP contribution in [0.15, 0.2) is 22.6 Å². The number of hydrogen-bond acceptors (Lipinski definition) is 6. The molecule has 0 unspecified atom stereocenters. The molecular formula is C11H14N4O2. The Kier molecular flexibility index (Phi) is 2.86. The molecule has 1 heterocycles. The van der Waals surface area contributed by atoms with Gasteiger partial charge in [-0.3, -0.25) is 0 Å². The first-order chi connectivity index (χ1) is 8.11. The van der Waals surface area contributed by atoms with E-state index in [9.17, 15) is 0 Å². The SMILES string of the molecule is COc1ccc(-c2nnc(N(C)C)o2)c(N)c1. The Hall–Kier alpha value is -2.24. The summed E-state index contributed by atoms with van der Waals surface area (Å²) >= 11 is 0. The van der Waals surface area contributed by atoms with Gasteiger partial charge in [0, 0.05) is 25.8 Å². The third-order valence-corrected chi connectivity index (χ3v) is 2.29. The van der Waals surface area contributed by atoms with Crippen LogP contribution in [0.25, 0.3) is 11.5 Å². The molecule has 2 N–H and O–H groups in total. The number of hydrogen-bond donors (Lipinski definition) is 1. The van der Waals surface area contributed by atoms with Crippen LogP contribution in [0.3, 0.4) is 0 Å². The molecule has 0 radical (unpaired) electrons. The minimum Gasteiger partial charge on any atom is -0.497 e. The molecule has 0 spiro atoms. The van der Waals surface area contributed by atoms with Crippen molar-refractivity contribution < 1.29 is 9.15 Å². The second-order valence-corrected chi connectivity index (χ2v) is 3.74. The summed E-state index contributed by atoms with van der Waals surface area (Å²) in [5, 5.41) is 7.84. The maximum Gasteiger partial charge on any atom is 0.317 e. The first-order valence-electron chi connectivity index (χ1n) is 5.06. The van der Waals surface area contributed by atoms with E-state index < -0.39 is 0 Å². The van der Waals surface area contributed by atoms with Crippen molar-refractivity contribution >= 4 is 11.7 Å². The molecule has 0 atom stereocenters. The van der Waals surface area contributed by atoms with Gasteiger partial charge in [0.2, 0.25) is 0 Å². The third kappa shape index (κ3) is 2.15. The first kappa shape index (κ1) is 11.3. The monoisotopic (exact) mass is 234 g/mol. The van der Waals surface area contributed by atoms with Crippen LogP contribution in [0.4, 0.5) is 11.7 Å². The van der Waals surface area contributed by atoms with Crippen LogP contribution >= 0.6 is 0 Å². The highest BCUT2D eigenvalue weighted by Crippen LogP contribution is 2.29. The van der Waals surface area contributed by atoms with E-state index in [1.807, 2.05) is 14.1 Å². The lowest BCUT2D eigenvalue weighted by molar-refractivity contribution is 0.415. The lowest BCUT2D eigenvalue weighted by Crippen LogP contribution is -2.08. The number of ether oxygens (including phenoxy) is 1. The van der Waals surface area contributed by atoms with Crippen molar-refractivity contribution in [2.45, 2.75) is 0 Å². The summed E-state index contributed by atoms with van der Waals surface area (Å²) in [7, 11) is 5.24. The van der Waals surface area contributed by atoms with E-state index in [1.54, 1.807) is 30.2 Å². The van der Waals surface area contributed by atoms with Crippen molar-refractivity contribution in [3.05, 3.63) is 18.2 Å². The molecule has 2 aromatic rings. The third-order valence-electron chi connectivity index (χ3n) is 2.29. The standard InChI is InChI=1S/C11H14N4O2/c1-15(2)11-14-13-10(17-11)8-5-4-7(16-3)6-9(8)12/h4-6H,12H2,1-3H3. The largest absolute Gasteiger partial charge is 0.497 e. The number of aromatic nitrogens is 2. The number of nitrogen functional groups attached to an aromatic ring is 1. The molecule has 0 aliphatic carbocycles. The molecule has 0 saturated carbocycles. The molecule has 0 saturated heterocycles. The summed E-state index contributed by atoms with van der Waals surface area (Å²) in [5.41, 5.74) is 7.13. The van der Waals surface area contributed by atoms with Gasteiger partial charge in [-0.15, -0.1) is 5.10 Å². The van der Waals surface area contributed by atoms with Crippen molar-refractivity contribution in [1.82, 2.24) is 10.2 Å². The highest BCUT2D eigenvalue weighted by molar-refractivity contribution is 5.72. The molecule has 0 fully saturated rings. The van der Waals surface area contributed by atoms with Gasteiger partial charge < -0.3 is 19.8 Å². The quantitative estimate of drug-likeness (QED) is 0.809. The molecule has 0 bridgehead atoms. The van der Waals surface area contributed by atoms with Gasteiger partial charge in [0.05, 0.1) is 12.7 Å². The minimum absolute atomic E-state index is 0.397. The zero-order valence-electron chi connectivity index (χ0n) is 9.97. The average Bonchev–Trinajstić information content (AvgIpc) is 2.78. The smallest absolute Gasteiger partial charge is 0.317 e. The molecule has 17 heavy (non-hydrogen) atoms. The molecule has 6 heteroatoms. The lowest BCUT2D eigenvalue weighted by atomic mass is 10.2. The van der Waals surface area contributed by atoms with Crippen LogP contribution in [-0.2, 0) is 0 Å². The van der Waals surface area contributed by atoms with Crippen molar-refractivity contribution in [1.29, 1.82) is 0 Å². The van der Waals surface area contributed by atoms with Gasteiger partial charge in [-0.2, -0.15) is 0 Å². The van der Waals surface area contributed by atoms with E-state index in [0.29, 0.717) is 28.9 Å². The summed E-state index contributed by atoms with van der Waals surface area (Å²) in [6, 6.07) is 5.75. The van der Waals surface area contributed by atoms with E-state index in [4.69, 9.17) is 14.9 Å². The Morgan fingerprint density at radius 2 is 2.06 bits per heavy atom. The summed E-state index contributed by atoms with van der Waals surface area (Å²) in [6.07, 6.45) is 0. The van der Waals surface area contributed by atoms with Gasteiger partial charge in [0.1, 0.15) is 5.75 Å². The number of methoxy groups -OCH3 is 1.